The van der Waals surface area contributed by atoms with Crippen LogP contribution in [-0.2, 0) is 0 Å². The summed E-state index contributed by atoms with van der Waals surface area (Å²) in [5, 5.41) is 19.9. The smallest absolute Gasteiger partial charge is 0.313 e. The Morgan fingerprint density at radius 2 is 2.25 bits per heavy atom. The fraction of sp³-hybridized carbons (Fsp3) is 0.462. The number of hydrogen-bond donors (Lipinski definition) is 0. The van der Waals surface area contributed by atoms with Crippen molar-refractivity contribution in [2.45, 2.75) is 19.8 Å². The Kier molecular flexibility index (Phi) is 7.02. The highest BCUT2D eigenvalue weighted by molar-refractivity contribution is 14.1. The summed E-state index contributed by atoms with van der Waals surface area (Å²) in [6, 6.07) is 4.71. The summed E-state index contributed by atoms with van der Waals surface area (Å²) in [4.78, 5) is 10.5. The van der Waals surface area contributed by atoms with Crippen LogP contribution in [-0.4, -0.2) is 17.4 Å². The van der Waals surface area contributed by atoms with Crippen molar-refractivity contribution in [1.29, 1.82) is 5.26 Å². The monoisotopic (exact) mass is 408 g/mol. The van der Waals surface area contributed by atoms with E-state index in [4.69, 9.17) is 21.6 Å². The van der Waals surface area contributed by atoms with Crippen molar-refractivity contribution < 1.29 is 9.66 Å². The highest BCUT2D eigenvalue weighted by Gasteiger charge is 2.20. The first kappa shape index (κ1) is 17.0. The third kappa shape index (κ3) is 4.80. The summed E-state index contributed by atoms with van der Waals surface area (Å²) in [5.74, 6) is 1.23. The van der Waals surface area contributed by atoms with Gasteiger partial charge in [0.15, 0.2) is 0 Å². The number of alkyl halides is 1. The van der Waals surface area contributed by atoms with Gasteiger partial charge in [-0.3, -0.25) is 10.1 Å². The zero-order chi connectivity index (χ0) is 15.1. The van der Waals surface area contributed by atoms with E-state index in [0.29, 0.717) is 22.0 Å². The van der Waals surface area contributed by atoms with Crippen LogP contribution in [0.1, 0.15) is 25.3 Å². The summed E-state index contributed by atoms with van der Waals surface area (Å²) < 4.78 is 6.11. The highest BCUT2D eigenvalue weighted by atomic mass is 127. The van der Waals surface area contributed by atoms with Crippen molar-refractivity contribution >= 4 is 39.9 Å². The predicted octanol–water partition coefficient (Wildman–Crippen LogP) is 4.10. The molecule has 5 nitrogen and oxygen atoms in total. The van der Waals surface area contributed by atoms with Gasteiger partial charge < -0.3 is 4.74 Å². The van der Waals surface area contributed by atoms with E-state index in [0.717, 1.165) is 12.8 Å². The normalized spacial score (nSPS) is 11.7. The molecule has 0 aromatic heterocycles. The van der Waals surface area contributed by atoms with E-state index in [-0.39, 0.29) is 17.0 Å². The minimum Gasteiger partial charge on any atom is -0.486 e. The average molecular weight is 409 g/mol. The number of rotatable bonds is 7. The van der Waals surface area contributed by atoms with Gasteiger partial charge in [-0.15, -0.1) is 11.6 Å². The van der Waals surface area contributed by atoms with Gasteiger partial charge in [-0.25, -0.2) is 0 Å². The van der Waals surface area contributed by atoms with E-state index in [1.165, 1.54) is 6.07 Å². The van der Waals surface area contributed by atoms with Crippen LogP contribution in [0.2, 0.25) is 0 Å². The summed E-state index contributed by atoms with van der Waals surface area (Å²) in [6.45, 7) is 2.45. The molecule has 0 saturated heterocycles. The molecule has 1 atom stereocenters. The molecule has 0 saturated carbocycles. The van der Waals surface area contributed by atoms with Gasteiger partial charge in [0.25, 0.3) is 0 Å². The number of nitriles is 1. The molecule has 0 radical (unpaired) electrons. The predicted molar refractivity (Wildman–Crippen MR) is 85.1 cm³/mol. The molecule has 0 bridgehead atoms. The first-order valence-electron chi connectivity index (χ1n) is 6.06. The lowest BCUT2D eigenvalue weighted by Gasteiger charge is -2.12. The molecule has 0 heterocycles. The first-order chi connectivity index (χ1) is 9.49. The van der Waals surface area contributed by atoms with E-state index in [2.05, 4.69) is 6.92 Å². The lowest BCUT2D eigenvalue weighted by molar-refractivity contribution is -0.386. The first-order valence-corrected chi connectivity index (χ1v) is 7.67. The van der Waals surface area contributed by atoms with Gasteiger partial charge in [-0.05, 0) is 47.4 Å². The quantitative estimate of drug-likeness (QED) is 0.294. The third-order valence-electron chi connectivity index (χ3n) is 2.81. The number of benzene rings is 1. The van der Waals surface area contributed by atoms with Gasteiger partial charge in [0.05, 0.1) is 26.7 Å². The fourth-order valence-electron chi connectivity index (χ4n) is 1.61. The average Bonchev–Trinajstić information content (AvgIpc) is 2.40. The molecule has 108 valence electrons. The summed E-state index contributed by atoms with van der Waals surface area (Å²) in [5.41, 5.74) is 0.0856. The molecule has 1 rings (SSSR count). The Labute approximate surface area is 136 Å². The standard InChI is InChI=1S/C13H14ClIN2O3/c1-9(2-4-14)3-5-20-13-11(15)6-10(8-16)7-12(13)17(18)19/h6-7,9H,2-5H2,1H3. The van der Waals surface area contributed by atoms with Crippen LogP contribution in [0, 0.1) is 30.9 Å². The van der Waals surface area contributed by atoms with E-state index < -0.39 is 4.92 Å². The summed E-state index contributed by atoms with van der Waals surface area (Å²) >= 11 is 7.60. The van der Waals surface area contributed by atoms with Crippen LogP contribution in [0.5, 0.6) is 5.75 Å². The molecule has 7 heteroatoms. The van der Waals surface area contributed by atoms with E-state index in [9.17, 15) is 10.1 Å². The molecule has 0 fully saturated rings. The minimum atomic E-state index is -0.527. The Hall–Kier alpha value is -1.07. The lowest BCUT2D eigenvalue weighted by Crippen LogP contribution is -2.07. The molecule has 20 heavy (non-hydrogen) atoms. The molecule has 0 spiro atoms. The number of nitro benzene ring substituents is 1. The van der Waals surface area contributed by atoms with Crippen LogP contribution < -0.4 is 4.74 Å². The van der Waals surface area contributed by atoms with Crippen molar-refractivity contribution in [2.24, 2.45) is 5.92 Å². The largest absolute Gasteiger partial charge is 0.486 e. The van der Waals surface area contributed by atoms with Gasteiger partial charge in [-0.2, -0.15) is 5.26 Å². The fourth-order valence-corrected chi connectivity index (χ4v) is 2.75. The zero-order valence-electron chi connectivity index (χ0n) is 10.9. The molecular formula is C13H14ClIN2O3. The Bertz CT molecular complexity index is 531. The topological polar surface area (TPSA) is 76.2 Å². The zero-order valence-corrected chi connectivity index (χ0v) is 13.8. The second-order valence-electron chi connectivity index (χ2n) is 4.40. The summed E-state index contributed by atoms with van der Waals surface area (Å²) in [6.07, 6.45) is 1.66. The molecular weight excluding hydrogens is 395 g/mol. The lowest BCUT2D eigenvalue weighted by atomic mass is 10.1. The van der Waals surface area contributed by atoms with Gasteiger partial charge in [0.1, 0.15) is 0 Å². The van der Waals surface area contributed by atoms with E-state index in [1.807, 2.05) is 28.7 Å². The van der Waals surface area contributed by atoms with Crippen LogP contribution >= 0.6 is 34.2 Å². The van der Waals surface area contributed by atoms with Crippen molar-refractivity contribution in [3.63, 3.8) is 0 Å². The number of nitrogens with zero attached hydrogens (tertiary/aromatic N) is 2. The van der Waals surface area contributed by atoms with Crippen molar-refractivity contribution in [1.82, 2.24) is 0 Å². The number of ether oxygens (including phenoxy) is 1. The SMILES string of the molecule is CC(CCCl)CCOc1c(I)cc(C#N)cc1[N+](=O)[O-]. The Morgan fingerprint density at radius 3 is 2.80 bits per heavy atom. The van der Waals surface area contributed by atoms with Crippen LogP contribution in [0.15, 0.2) is 12.1 Å². The van der Waals surface area contributed by atoms with Gasteiger partial charge in [-0.1, -0.05) is 6.92 Å². The van der Waals surface area contributed by atoms with Crippen molar-refractivity contribution in [3.05, 3.63) is 31.4 Å². The molecule has 1 aromatic rings. The van der Waals surface area contributed by atoms with Crippen LogP contribution in [0.3, 0.4) is 0 Å². The number of hydrogen-bond acceptors (Lipinski definition) is 4. The van der Waals surface area contributed by atoms with E-state index >= 15 is 0 Å². The summed E-state index contributed by atoms with van der Waals surface area (Å²) in [7, 11) is 0. The van der Waals surface area contributed by atoms with Crippen LogP contribution in [0.25, 0.3) is 0 Å². The van der Waals surface area contributed by atoms with Gasteiger partial charge >= 0.3 is 5.69 Å². The molecule has 0 amide bonds. The van der Waals surface area contributed by atoms with Gasteiger partial charge in [0, 0.05) is 11.9 Å². The maximum Gasteiger partial charge on any atom is 0.313 e. The Balaban J connectivity index is 2.84. The maximum atomic E-state index is 11.0. The molecule has 0 aliphatic rings. The molecule has 0 aliphatic heterocycles. The second-order valence-corrected chi connectivity index (χ2v) is 5.94. The Morgan fingerprint density at radius 1 is 1.55 bits per heavy atom. The molecule has 0 aliphatic carbocycles. The van der Waals surface area contributed by atoms with Crippen molar-refractivity contribution in [3.8, 4) is 11.8 Å². The van der Waals surface area contributed by atoms with Gasteiger partial charge in [0.2, 0.25) is 5.75 Å². The number of halogens is 2. The molecule has 1 unspecified atom stereocenters. The van der Waals surface area contributed by atoms with Crippen molar-refractivity contribution in [2.75, 3.05) is 12.5 Å². The highest BCUT2D eigenvalue weighted by Crippen LogP contribution is 2.33. The number of nitro groups is 1. The third-order valence-corrected chi connectivity index (χ3v) is 3.83. The van der Waals surface area contributed by atoms with Crippen LogP contribution in [0.4, 0.5) is 5.69 Å². The molecule has 0 N–H and O–H groups in total. The molecule has 1 aromatic carbocycles. The minimum absolute atomic E-state index is 0.168. The second kappa shape index (κ2) is 8.27. The maximum absolute atomic E-state index is 11.0. The van der Waals surface area contributed by atoms with E-state index in [1.54, 1.807) is 6.07 Å².